The van der Waals surface area contributed by atoms with E-state index in [1.165, 1.54) is 43.8 Å². The molecule has 0 amide bonds. The van der Waals surface area contributed by atoms with Crippen LogP contribution < -0.4 is 0 Å². The first-order valence-electron chi connectivity index (χ1n) is 9.04. The summed E-state index contributed by atoms with van der Waals surface area (Å²) >= 11 is 0. The van der Waals surface area contributed by atoms with E-state index < -0.39 is 0 Å². The molecular formula is C25H26. The Morgan fingerprint density at radius 3 is 1.28 bits per heavy atom. The summed E-state index contributed by atoms with van der Waals surface area (Å²) in [5, 5.41) is 5.54. The zero-order valence-corrected chi connectivity index (χ0v) is 15.6. The second-order valence-electron chi connectivity index (χ2n) is 6.69. The van der Waals surface area contributed by atoms with E-state index in [0.29, 0.717) is 0 Å². The minimum Gasteiger partial charge on any atom is -0.0616 e. The number of hydrogen-bond donors (Lipinski definition) is 0. The summed E-state index contributed by atoms with van der Waals surface area (Å²) in [6, 6.07) is 26.0. The van der Waals surface area contributed by atoms with Gasteiger partial charge in [-0.05, 0) is 71.0 Å². The van der Waals surface area contributed by atoms with Crippen LogP contribution in [0.3, 0.4) is 0 Å². The van der Waals surface area contributed by atoms with Crippen molar-refractivity contribution < 1.29 is 0 Å². The molecule has 0 fully saturated rings. The van der Waals surface area contributed by atoms with Gasteiger partial charge < -0.3 is 0 Å². The van der Waals surface area contributed by atoms with Crippen LogP contribution in [-0.2, 0) is 6.42 Å². The Kier molecular flexibility index (Phi) is 5.19. The van der Waals surface area contributed by atoms with Crippen molar-refractivity contribution in [3.05, 3.63) is 95.1 Å². The predicted octanol–water partition coefficient (Wildman–Crippen LogP) is 7.17. The molecule has 0 atom stereocenters. The van der Waals surface area contributed by atoms with E-state index >= 15 is 0 Å². The van der Waals surface area contributed by atoms with Crippen LogP contribution >= 0.6 is 0 Å². The fraction of sp³-hybridized carbons (Fsp3) is 0.200. The maximum atomic E-state index is 2.23. The monoisotopic (exact) mass is 326 g/mol. The zero-order valence-electron chi connectivity index (χ0n) is 15.6. The lowest BCUT2D eigenvalue weighted by Crippen LogP contribution is -1.85. The largest absolute Gasteiger partial charge is 0.0616 e. The molecule has 0 aliphatic rings. The van der Waals surface area contributed by atoms with Gasteiger partial charge in [0, 0.05) is 0 Å². The lowest BCUT2D eigenvalue weighted by atomic mass is 9.99. The highest BCUT2D eigenvalue weighted by Crippen LogP contribution is 2.22. The number of hydrogen-bond acceptors (Lipinski definition) is 0. The van der Waals surface area contributed by atoms with Gasteiger partial charge in [0.25, 0.3) is 0 Å². The third-order valence-corrected chi connectivity index (χ3v) is 4.97. The molecule has 4 aromatic carbocycles. The van der Waals surface area contributed by atoms with Crippen molar-refractivity contribution in [3.8, 4) is 0 Å². The Morgan fingerprint density at radius 2 is 0.840 bits per heavy atom. The lowest BCUT2D eigenvalue weighted by molar-refractivity contribution is 1.16. The molecule has 0 saturated heterocycles. The first kappa shape index (κ1) is 17.2. The SMILES string of the molecule is CCc1ccc(C)c2ccccc12.Cc1ccc(C)c2ccccc12. The maximum absolute atomic E-state index is 2.23. The van der Waals surface area contributed by atoms with Gasteiger partial charge in [0.1, 0.15) is 0 Å². The number of aryl methyl sites for hydroxylation is 4. The smallest absolute Gasteiger partial charge is 0.0149 e. The Balaban J connectivity index is 0.000000146. The quantitative estimate of drug-likeness (QED) is 0.348. The van der Waals surface area contributed by atoms with Gasteiger partial charge in [-0.15, -0.1) is 0 Å². The molecule has 25 heavy (non-hydrogen) atoms. The summed E-state index contributed by atoms with van der Waals surface area (Å²) < 4.78 is 0. The van der Waals surface area contributed by atoms with E-state index in [-0.39, 0.29) is 0 Å². The van der Waals surface area contributed by atoms with Crippen molar-refractivity contribution in [1.82, 2.24) is 0 Å². The normalized spacial score (nSPS) is 10.6. The lowest BCUT2D eigenvalue weighted by Gasteiger charge is -2.06. The summed E-state index contributed by atoms with van der Waals surface area (Å²) in [7, 11) is 0. The molecule has 0 saturated carbocycles. The fourth-order valence-corrected chi connectivity index (χ4v) is 3.42. The van der Waals surface area contributed by atoms with Crippen LogP contribution in [0.5, 0.6) is 0 Å². The van der Waals surface area contributed by atoms with E-state index in [1.807, 2.05) is 0 Å². The van der Waals surface area contributed by atoms with E-state index in [9.17, 15) is 0 Å². The van der Waals surface area contributed by atoms with Gasteiger partial charge in [0.2, 0.25) is 0 Å². The third-order valence-electron chi connectivity index (χ3n) is 4.97. The minimum absolute atomic E-state index is 1.11. The highest BCUT2D eigenvalue weighted by Gasteiger charge is 2.00. The van der Waals surface area contributed by atoms with E-state index in [1.54, 1.807) is 0 Å². The van der Waals surface area contributed by atoms with E-state index in [2.05, 4.69) is 100 Å². The molecule has 0 heteroatoms. The third kappa shape index (κ3) is 3.58. The Bertz CT molecular complexity index is 968. The molecule has 4 rings (SSSR count). The van der Waals surface area contributed by atoms with Crippen molar-refractivity contribution >= 4 is 21.5 Å². The van der Waals surface area contributed by atoms with E-state index in [0.717, 1.165) is 6.42 Å². The number of rotatable bonds is 1. The molecule has 0 aliphatic carbocycles. The fourth-order valence-electron chi connectivity index (χ4n) is 3.42. The van der Waals surface area contributed by atoms with E-state index in [4.69, 9.17) is 0 Å². The molecule has 0 nitrogen and oxygen atoms in total. The second-order valence-corrected chi connectivity index (χ2v) is 6.69. The molecule has 4 aromatic rings. The minimum atomic E-state index is 1.11. The van der Waals surface area contributed by atoms with Crippen LogP contribution in [0, 0.1) is 20.8 Å². The number of fused-ring (bicyclic) bond motifs is 2. The van der Waals surface area contributed by atoms with Crippen LogP contribution in [0.4, 0.5) is 0 Å². The van der Waals surface area contributed by atoms with Crippen molar-refractivity contribution in [1.29, 1.82) is 0 Å². The average Bonchev–Trinajstić information content (AvgIpc) is 2.66. The van der Waals surface area contributed by atoms with Crippen molar-refractivity contribution in [2.24, 2.45) is 0 Å². The van der Waals surface area contributed by atoms with Gasteiger partial charge in [0.15, 0.2) is 0 Å². The van der Waals surface area contributed by atoms with Gasteiger partial charge in [-0.3, -0.25) is 0 Å². The van der Waals surface area contributed by atoms with Crippen LogP contribution in [0.15, 0.2) is 72.8 Å². The molecule has 0 spiro atoms. The highest BCUT2D eigenvalue weighted by atomic mass is 14.0. The molecule has 0 radical (unpaired) electrons. The zero-order chi connectivity index (χ0) is 17.8. The van der Waals surface area contributed by atoms with Gasteiger partial charge in [-0.1, -0.05) is 79.7 Å². The molecule has 0 aliphatic heterocycles. The van der Waals surface area contributed by atoms with Gasteiger partial charge in [-0.2, -0.15) is 0 Å². The number of benzene rings is 4. The molecule has 0 aromatic heterocycles. The molecule has 0 bridgehead atoms. The van der Waals surface area contributed by atoms with Crippen LogP contribution in [0.25, 0.3) is 21.5 Å². The van der Waals surface area contributed by atoms with Gasteiger partial charge >= 0.3 is 0 Å². The van der Waals surface area contributed by atoms with Crippen molar-refractivity contribution in [3.63, 3.8) is 0 Å². The Labute approximate surface area is 151 Å². The standard InChI is InChI=1S/C13H14.C12H12/c1-3-11-9-8-10(2)12-6-4-5-7-13(11)12;1-9-7-8-10(2)12-6-4-3-5-11(9)12/h4-9H,3H2,1-2H3;3-8H,1-2H3. The van der Waals surface area contributed by atoms with Gasteiger partial charge in [0.05, 0.1) is 0 Å². The molecular weight excluding hydrogens is 300 g/mol. The second kappa shape index (κ2) is 7.53. The summed E-state index contributed by atoms with van der Waals surface area (Å²) in [5.41, 5.74) is 5.53. The van der Waals surface area contributed by atoms with Crippen molar-refractivity contribution in [2.75, 3.05) is 0 Å². The summed E-state index contributed by atoms with van der Waals surface area (Å²) in [5.74, 6) is 0. The first-order valence-corrected chi connectivity index (χ1v) is 9.04. The molecule has 0 unspecified atom stereocenters. The first-order chi connectivity index (χ1) is 12.1. The Morgan fingerprint density at radius 1 is 0.480 bits per heavy atom. The summed E-state index contributed by atoms with van der Waals surface area (Å²) in [6.45, 7) is 8.68. The topological polar surface area (TPSA) is 0 Å². The summed E-state index contributed by atoms with van der Waals surface area (Å²) in [6.07, 6.45) is 1.11. The highest BCUT2D eigenvalue weighted by molar-refractivity contribution is 5.89. The molecule has 0 N–H and O–H groups in total. The van der Waals surface area contributed by atoms with Crippen LogP contribution in [0.2, 0.25) is 0 Å². The predicted molar refractivity (Wildman–Crippen MR) is 111 cm³/mol. The molecule has 0 heterocycles. The van der Waals surface area contributed by atoms with Crippen LogP contribution in [0.1, 0.15) is 29.2 Å². The van der Waals surface area contributed by atoms with Gasteiger partial charge in [-0.25, -0.2) is 0 Å². The Hall–Kier alpha value is -2.60. The summed E-state index contributed by atoms with van der Waals surface area (Å²) in [4.78, 5) is 0. The van der Waals surface area contributed by atoms with Crippen LogP contribution in [-0.4, -0.2) is 0 Å². The maximum Gasteiger partial charge on any atom is -0.0149 e. The average molecular weight is 326 g/mol. The van der Waals surface area contributed by atoms with Crippen molar-refractivity contribution in [2.45, 2.75) is 34.1 Å². The molecule has 126 valence electrons.